The Bertz CT molecular complexity index is 2460. The van der Waals surface area contributed by atoms with Gasteiger partial charge in [-0.05, 0) is 105 Å². The molecule has 294 valence electrons. The second kappa shape index (κ2) is 17.2. The van der Waals surface area contributed by atoms with Crippen LogP contribution in [-0.2, 0) is 29.4 Å². The van der Waals surface area contributed by atoms with Crippen LogP contribution in [-0.4, -0.2) is 83.5 Å². The van der Waals surface area contributed by atoms with Crippen molar-refractivity contribution in [1.82, 2.24) is 29.0 Å². The van der Waals surface area contributed by atoms with Crippen molar-refractivity contribution >= 4 is 44.8 Å². The van der Waals surface area contributed by atoms with Gasteiger partial charge in [0, 0.05) is 31.0 Å². The number of fused-ring (bicyclic) bond motifs is 2. The fourth-order valence-corrected chi connectivity index (χ4v) is 7.75. The molecule has 0 radical (unpaired) electrons. The van der Waals surface area contributed by atoms with E-state index in [1.165, 1.54) is 18.2 Å². The Morgan fingerprint density at radius 3 is 2.60 bits per heavy atom. The second-order valence-corrected chi connectivity index (χ2v) is 15.8. The van der Waals surface area contributed by atoms with E-state index >= 15 is 0 Å². The fourth-order valence-electron chi connectivity index (χ4n) is 6.77. The molecule has 0 saturated heterocycles. The van der Waals surface area contributed by atoms with Crippen molar-refractivity contribution in [2.75, 3.05) is 49.5 Å². The molecule has 6 aromatic rings. The zero-order valence-corrected chi connectivity index (χ0v) is 32.3. The molecule has 0 bridgehead atoms. The number of pyridine rings is 1. The van der Waals surface area contributed by atoms with Crippen molar-refractivity contribution in [3.8, 4) is 5.75 Å². The predicted molar refractivity (Wildman–Crippen MR) is 215 cm³/mol. The molecule has 0 unspecified atom stereocenters. The lowest BCUT2D eigenvalue weighted by Gasteiger charge is -2.31. The zero-order valence-electron chi connectivity index (χ0n) is 31.5. The van der Waals surface area contributed by atoms with Gasteiger partial charge in [-0.3, -0.25) is 25.3 Å². The number of rotatable bonds is 15. The van der Waals surface area contributed by atoms with Gasteiger partial charge in [0.05, 0.1) is 29.6 Å². The van der Waals surface area contributed by atoms with Gasteiger partial charge in [-0.2, -0.15) is 0 Å². The predicted octanol–water partition coefficient (Wildman–Crippen LogP) is 5.05. The van der Waals surface area contributed by atoms with Gasteiger partial charge < -0.3 is 24.3 Å². The lowest BCUT2D eigenvalue weighted by molar-refractivity contribution is 0.0975. The van der Waals surface area contributed by atoms with E-state index in [9.17, 15) is 23.2 Å². The number of nitrogens with zero attached hydrogens (tertiary/aromatic N) is 6. The van der Waals surface area contributed by atoms with Crippen LogP contribution in [0.15, 0.2) is 115 Å². The number of anilines is 3. The number of nitrogens with one attached hydrogen (secondary N) is 3. The van der Waals surface area contributed by atoms with E-state index in [4.69, 9.17) is 4.74 Å². The van der Waals surface area contributed by atoms with Crippen LogP contribution in [0.4, 0.5) is 17.3 Å². The van der Waals surface area contributed by atoms with Crippen LogP contribution in [0.25, 0.3) is 5.65 Å². The first-order valence-corrected chi connectivity index (χ1v) is 19.9. The lowest BCUT2D eigenvalue weighted by atomic mass is 9.94. The van der Waals surface area contributed by atoms with E-state index in [2.05, 4.69) is 35.4 Å². The van der Waals surface area contributed by atoms with Gasteiger partial charge in [0.2, 0.25) is 0 Å². The first kappa shape index (κ1) is 38.9. The molecule has 1 aliphatic heterocycles. The maximum atomic E-state index is 13.5. The largest absolute Gasteiger partial charge is 0.493 e. The van der Waals surface area contributed by atoms with Crippen LogP contribution in [0.2, 0.25) is 0 Å². The van der Waals surface area contributed by atoms with Crippen molar-refractivity contribution in [3.63, 3.8) is 0 Å². The third-order valence-corrected chi connectivity index (χ3v) is 11.1. The van der Waals surface area contributed by atoms with Gasteiger partial charge in [-0.25, -0.2) is 23.1 Å². The van der Waals surface area contributed by atoms with E-state index < -0.39 is 15.9 Å². The molecule has 1 atom stereocenters. The summed E-state index contributed by atoms with van der Waals surface area (Å²) in [4.78, 5) is 43.7. The van der Waals surface area contributed by atoms with Crippen molar-refractivity contribution in [2.24, 2.45) is 5.92 Å². The quantitative estimate of drug-likeness (QED) is 0.102. The topological polar surface area (TPSA) is 183 Å². The number of amides is 2. The molecular formula is C41H43N9O6S. The number of sulfonamides is 1. The second-order valence-electron chi connectivity index (χ2n) is 14.1. The standard InChI is InChI=1S/C41H43N9O6S/c1-48(2)19-16-28(27-56-31-9-4-3-5-10-31)22-30-14-15-32(23-36(30)46-53)57(54,55)47-41(52)35-12-7-13-38(43-35)49-20-17-29-8-6-11-33(34(29)25-49)40(51)45-37-26-50-21-18-42-24-39(50)44-37/h3-15,18,21,23-24,26,28,46,53H,16-17,19-20,22,25,27H2,1-2H3,(H,45,51)(H,47,52)/t28-/m0/s1. The van der Waals surface area contributed by atoms with Crippen LogP contribution in [0.1, 0.15) is 44.0 Å². The van der Waals surface area contributed by atoms with Crippen molar-refractivity contribution in [2.45, 2.75) is 30.7 Å². The van der Waals surface area contributed by atoms with E-state index in [1.807, 2.05) is 61.5 Å². The number of imidazole rings is 1. The number of hydrogen-bond acceptors (Lipinski definition) is 12. The fraction of sp³-hybridized carbons (Fsp3) is 0.244. The summed E-state index contributed by atoms with van der Waals surface area (Å²) >= 11 is 0. The smallest absolute Gasteiger partial charge is 0.283 e. The molecule has 0 fully saturated rings. The van der Waals surface area contributed by atoms with E-state index in [0.29, 0.717) is 60.9 Å². The number of aromatic nitrogens is 4. The molecule has 3 aromatic heterocycles. The van der Waals surface area contributed by atoms with Crippen LogP contribution in [0, 0.1) is 5.92 Å². The summed E-state index contributed by atoms with van der Waals surface area (Å²) in [6.07, 6.45) is 8.61. The molecule has 2 amide bonds. The average molecular weight is 790 g/mol. The maximum absolute atomic E-state index is 13.5. The Morgan fingerprint density at radius 2 is 1.81 bits per heavy atom. The third-order valence-electron chi connectivity index (χ3n) is 9.78. The summed E-state index contributed by atoms with van der Waals surface area (Å²) in [5.41, 5.74) is 5.85. The van der Waals surface area contributed by atoms with E-state index in [1.54, 1.807) is 53.5 Å². The van der Waals surface area contributed by atoms with Crippen molar-refractivity contribution in [3.05, 3.63) is 138 Å². The van der Waals surface area contributed by atoms with Crippen molar-refractivity contribution < 1.29 is 28.0 Å². The Balaban J connectivity index is 1.03. The van der Waals surface area contributed by atoms with E-state index in [0.717, 1.165) is 29.8 Å². The molecule has 57 heavy (non-hydrogen) atoms. The van der Waals surface area contributed by atoms with Gasteiger partial charge in [0.25, 0.3) is 21.8 Å². The highest BCUT2D eigenvalue weighted by molar-refractivity contribution is 7.90. The minimum atomic E-state index is -4.37. The SMILES string of the molecule is CN(C)CC[C@H](COc1ccccc1)Cc1ccc(S(=O)(=O)NC(=O)c2cccc(N3CCc4cccc(C(=O)Nc5cn6ccncc6n5)c4C3)n2)cc1NO. The summed E-state index contributed by atoms with van der Waals surface area (Å²) < 4.78 is 37.0. The molecule has 16 heteroatoms. The summed E-state index contributed by atoms with van der Waals surface area (Å²) in [6.45, 7) is 2.13. The summed E-state index contributed by atoms with van der Waals surface area (Å²) in [7, 11) is -0.390. The minimum Gasteiger partial charge on any atom is -0.493 e. The van der Waals surface area contributed by atoms with Gasteiger partial charge in [0.1, 0.15) is 17.3 Å². The van der Waals surface area contributed by atoms with Crippen LogP contribution in [0.3, 0.4) is 0 Å². The van der Waals surface area contributed by atoms with Crippen LogP contribution < -0.4 is 25.2 Å². The lowest BCUT2D eigenvalue weighted by Crippen LogP contribution is -2.34. The highest BCUT2D eigenvalue weighted by Gasteiger charge is 2.26. The molecule has 4 heterocycles. The van der Waals surface area contributed by atoms with Gasteiger partial charge in [0.15, 0.2) is 11.5 Å². The minimum absolute atomic E-state index is 0.0542. The summed E-state index contributed by atoms with van der Waals surface area (Å²) in [6, 6.07) is 24.2. The highest BCUT2D eigenvalue weighted by Crippen LogP contribution is 2.28. The number of carbonyl (C=O) groups excluding carboxylic acids is 2. The molecule has 3 aromatic carbocycles. The molecular weight excluding hydrogens is 747 g/mol. The average Bonchev–Trinajstić information content (AvgIpc) is 3.64. The van der Waals surface area contributed by atoms with E-state index in [-0.39, 0.29) is 28.1 Å². The summed E-state index contributed by atoms with van der Waals surface area (Å²) in [5, 5.41) is 12.9. The Labute approximate surface area is 330 Å². The van der Waals surface area contributed by atoms with Crippen molar-refractivity contribution in [1.29, 1.82) is 0 Å². The normalized spacial score (nSPS) is 13.2. The molecule has 1 aliphatic rings. The first-order chi connectivity index (χ1) is 27.6. The van der Waals surface area contributed by atoms with Crippen LogP contribution >= 0.6 is 0 Å². The first-order valence-electron chi connectivity index (χ1n) is 18.4. The molecule has 0 saturated carbocycles. The van der Waals surface area contributed by atoms with Gasteiger partial charge >= 0.3 is 0 Å². The Kier molecular flexibility index (Phi) is 11.7. The number of hydrogen-bond donors (Lipinski definition) is 4. The Hall–Kier alpha value is -6.36. The zero-order chi connectivity index (χ0) is 39.9. The van der Waals surface area contributed by atoms with Gasteiger partial charge in [-0.15, -0.1) is 0 Å². The number of carbonyl (C=O) groups is 2. The molecule has 4 N–H and O–H groups in total. The van der Waals surface area contributed by atoms with Gasteiger partial charge in [-0.1, -0.05) is 42.5 Å². The van der Waals surface area contributed by atoms with Crippen LogP contribution in [0.5, 0.6) is 5.75 Å². The number of para-hydroxylation sites is 1. The maximum Gasteiger partial charge on any atom is 0.283 e. The third kappa shape index (κ3) is 9.37. The monoisotopic (exact) mass is 789 g/mol. The summed E-state index contributed by atoms with van der Waals surface area (Å²) in [5.74, 6) is 0.414. The number of ether oxygens (including phenoxy) is 1. The number of benzene rings is 3. The molecule has 15 nitrogen and oxygen atoms in total. The molecule has 7 rings (SSSR count). The highest BCUT2D eigenvalue weighted by atomic mass is 32.2. The molecule has 0 aliphatic carbocycles. The Morgan fingerprint density at radius 1 is 0.982 bits per heavy atom. The molecule has 0 spiro atoms.